The van der Waals surface area contributed by atoms with Gasteiger partial charge in [-0.25, -0.2) is 5.43 Å². The molecule has 0 radical (unpaired) electrons. The van der Waals surface area contributed by atoms with Crippen LogP contribution in [0.3, 0.4) is 0 Å². The highest BCUT2D eigenvalue weighted by Crippen LogP contribution is 2.31. The lowest BCUT2D eigenvalue weighted by molar-refractivity contribution is -0.137. The zero-order chi connectivity index (χ0) is 17.0. The van der Waals surface area contributed by atoms with Crippen LogP contribution in [0.15, 0.2) is 52.0 Å². The maximum Gasteiger partial charge on any atom is 0.416 e. The molecule has 0 aliphatic heterocycles. The quantitative estimate of drug-likeness (QED) is 0.619. The van der Waals surface area contributed by atoms with E-state index in [1.54, 1.807) is 24.3 Å². The topological polar surface area (TPSA) is 61.7 Å². The molecule has 1 amide bonds. The molecule has 23 heavy (non-hydrogen) atoms. The predicted molar refractivity (Wildman–Crippen MR) is 82.3 cm³/mol. The molecule has 2 N–H and O–H groups in total. The number of hydrogen-bond donors (Lipinski definition) is 2. The molecular weight excluding hydrogens is 377 g/mol. The number of halogens is 4. The van der Waals surface area contributed by atoms with Gasteiger partial charge in [-0.2, -0.15) is 18.3 Å². The summed E-state index contributed by atoms with van der Waals surface area (Å²) in [4.78, 5) is 11.8. The first-order chi connectivity index (χ1) is 10.8. The van der Waals surface area contributed by atoms with Gasteiger partial charge in [0.1, 0.15) is 5.75 Å². The Hall–Kier alpha value is -2.35. The minimum atomic E-state index is -4.53. The number of nitrogens with zero attached hydrogens (tertiary/aromatic N) is 1. The number of benzene rings is 2. The van der Waals surface area contributed by atoms with Gasteiger partial charge in [0.05, 0.1) is 11.8 Å². The smallest absolute Gasteiger partial charge is 0.416 e. The van der Waals surface area contributed by atoms with E-state index in [2.05, 4.69) is 26.5 Å². The van der Waals surface area contributed by atoms with Crippen molar-refractivity contribution in [2.75, 3.05) is 0 Å². The van der Waals surface area contributed by atoms with Crippen molar-refractivity contribution in [1.82, 2.24) is 5.43 Å². The fraction of sp³-hybridized carbons (Fsp3) is 0.0667. The summed E-state index contributed by atoms with van der Waals surface area (Å²) in [5.74, 6) is -0.910. The summed E-state index contributed by atoms with van der Waals surface area (Å²) in [6.07, 6.45) is -3.59. The molecule has 0 bridgehead atoms. The molecule has 0 saturated heterocycles. The second-order valence-electron chi connectivity index (χ2n) is 4.48. The van der Waals surface area contributed by atoms with Crippen molar-refractivity contribution in [3.8, 4) is 5.75 Å². The van der Waals surface area contributed by atoms with Crippen molar-refractivity contribution >= 4 is 28.1 Å². The molecule has 2 aromatic carbocycles. The first-order valence-corrected chi connectivity index (χ1v) is 7.06. The van der Waals surface area contributed by atoms with Gasteiger partial charge in [0.2, 0.25) is 0 Å². The highest BCUT2D eigenvalue weighted by atomic mass is 79.9. The van der Waals surface area contributed by atoms with Crippen LogP contribution in [0.1, 0.15) is 21.5 Å². The van der Waals surface area contributed by atoms with E-state index in [4.69, 9.17) is 0 Å². The minimum Gasteiger partial charge on any atom is -0.507 e. The van der Waals surface area contributed by atoms with Gasteiger partial charge in [-0.05, 0) is 36.4 Å². The highest BCUT2D eigenvalue weighted by molar-refractivity contribution is 9.10. The van der Waals surface area contributed by atoms with Gasteiger partial charge in [-0.15, -0.1) is 0 Å². The number of hydrazone groups is 1. The van der Waals surface area contributed by atoms with E-state index in [1.807, 2.05) is 0 Å². The summed E-state index contributed by atoms with van der Waals surface area (Å²) >= 11 is 3.21. The zero-order valence-corrected chi connectivity index (χ0v) is 13.0. The Morgan fingerprint density at radius 1 is 1.22 bits per heavy atom. The third-order valence-electron chi connectivity index (χ3n) is 2.81. The van der Waals surface area contributed by atoms with Gasteiger partial charge in [0, 0.05) is 15.6 Å². The first-order valence-electron chi connectivity index (χ1n) is 6.26. The number of phenolic OH excluding ortho intramolecular Hbond substituents is 1. The summed E-state index contributed by atoms with van der Waals surface area (Å²) in [5.41, 5.74) is 1.42. The standard InChI is InChI=1S/C15H10BrF3N2O2/c16-12-3-1-2-9(7-12)14(23)21-20-8-10-6-11(15(17,18)19)4-5-13(10)22/h1-8,22H,(H,21,23)/b20-8-. The lowest BCUT2D eigenvalue weighted by Gasteiger charge is -2.08. The third kappa shape index (κ3) is 4.56. The number of carbonyl (C=O) groups excluding carboxylic acids is 1. The number of rotatable bonds is 3. The largest absolute Gasteiger partial charge is 0.507 e. The molecule has 4 nitrogen and oxygen atoms in total. The van der Waals surface area contributed by atoms with Crippen molar-refractivity contribution < 1.29 is 23.1 Å². The molecule has 8 heteroatoms. The number of amides is 1. The predicted octanol–water partition coefficient (Wildman–Crippen LogP) is 3.94. The van der Waals surface area contributed by atoms with Crippen molar-refractivity contribution in [2.24, 2.45) is 5.10 Å². The number of nitrogens with one attached hydrogen (secondary N) is 1. The SMILES string of the molecule is O=C(N/N=C\c1cc(C(F)(F)F)ccc1O)c1cccc(Br)c1. The molecule has 0 aliphatic rings. The van der Waals surface area contributed by atoms with Crippen LogP contribution in [0.4, 0.5) is 13.2 Å². The monoisotopic (exact) mass is 386 g/mol. The Bertz CT molecular complexity index is 761. The molecule has 0 heterocycles. The first kappa shape index (κ1) is 17.0. The van der Waals surface area contributed by atoms with E-state index < -0.39 is 17.6 Å². The van der Waals surface area contributed by atoms with Gasteiger partial charge >= 0.3 is 6.18 Å². The van der Waals surface area contributed by atoms with Crippen LogP contribution in [0.25, 0.3) is 0 Å². The van der Waals surface area contributed by atoms with Gasteiger partial charge in [0.25, 0.3) is 5.91 Å². The fourth-order valence-electron chi connectivity index (χ4n) is 1.69. The van der Waals surface area contributed by atoms with Crippen LogP contribution in [0, 0.1) is 0 Å². The highest BCUT2D eigenvalue weighted by Gasteiger charge is 2.30. The molecule has 0 saturated carbocycles. The van der Waals surface area contributed by atoms with Crippen LogP contribution >= 0.6 is 15.9 Å². The van der Waals surface area contributed by atoms with E-state index in [0.717, 1.165) is 24.4 Å². The Morgan fingerprint density at radius 2 is 1.96 bits per heavy atom. The van der Waals surface area contributed by atoms with Crippen molar-refractivity contribution in [3.05, 3.63) is 63.6 Å². The van der Waals surface area contributed by atoms with Crippen LogP contribution in [0.5, 0.6) is 5.75 Å². The number of alkyl halides is 3. The molecule has 0 aromatic heterocycles. The maximum absolute atomic E-state index is 12.6. The zero-order valence-electron chi connectivity index (χ0n) is 11.4. The second-order valence-corrected chi connectivity index (χ2v) is 5.40. The van der Waals surface area contributed by atoms with E-state index in [0.29, 0.717) is 10.0 Å². The van der Waals surface area contributed by atoms with Gasteiger partial charge in [-0.3, -0.25) is 4.79 Å². The second kappa shape index (κ2) is 6.82. The molecule has 0 fully saturated rings. The lowest BCUT2D eigenvalue weighted by Crippen LogP contribution is -2.17. The van der Waals surface area contributed by atoms with Crippen LogP contribution < -0.4 is 5.43 Å². The number of phenols is 1. The normalized spacial score (nSPS) is 11.7. The molecule has 2 aromatic rings. The van der Waals surface area contributed by atoms with Crippen molar-refractivity contribution in [1.29, 1.82) is 0 Å². The Kier molecular flexibility index (Phi) is 5.05. The third-order valence-corrected chi connectivity index (χ3v) is 3.30. The van der Waals surface area contributed by atoms with E-state index >= 15 is 0 Å². The molecular formula is C15H10BrF3N2O2. The van der Waals surface area contributed by atoms with Crippen molar-refractivity contribution in [3.63, 3.8) is 0 Å². The molecule has 120 valence electrons. The number of aromatic hydroxyl groups is 1. The van der Waals surface area contributed by atoms with Crippen molar-refractivity contribution in [2.45, 2.75) is 6.18 Å². The number of carbonyl (C=O) groups is 1. The fourth-order valence-corrected chi connectivity index (χ4v) is 2.09. The van der Waals surface area contributed by atoms with E-state index in [-0.39, 0.29) is 11.3 Å². The van der Waals surface area contributed by atoms with E-state index in [9.17, 15) is 23.1 Å². The Morgan fingerprint density at radius 3 is 2.61 bits per heavy atom. The average molecular weight is 387 g/mol. The molecule has 2 rings (SSSR count). The summed E-state index contributed by atoms with van der Waals surface area (Å²) in [6.45, 7) is 0. The summed E-state index contributed by atoms with van der Waals surface area (Å²) < 4.78 is 38.5. The van der Waals surface area contributed by atoms with Crippen LogP contribution in [-0.2, 0) is 6.18 Å². The average Bonchev–Trinajstić information content (AvgIpc) is 2.47. The molecule has 0 aliphatic carbocycles. The van der Waals surface area contributed by atoms with Gasteiger partial charge in [0.15, 0.2) is 0 Å². The van der Waals surface area contributed by atoms with Crippen LogP contribution in [-0.4, -0.2) is 17.2 Å². The minimum absolute atomic E-state index is 0.158. The summed E-state index contributed by atoms with van der Waals surface area (Å²) in [5, 5.41) is 13.1. The maximum atomic E-state index is 12.6. The lowest BCUT2D eigenvalue weighted by atomic mass is 10.1. The number of hydrogen-bond acceptors (Lipinski definition) is 3. The Balaban J connectivity index is 2.13. The van der Waals surface area contributed by atoms with Crippen LogP contribution in [0.2, 0.25) is 0 Å². The van der Waals surface area contributed by atoms with E-state index in [1.165, 1.54) is 0 Å². The summed E-state index contributed by atoms with van der Waals surface area (Å²) in [6, 6.07) is 8.92. The van der Waals surface area contributed by atoms with Gasteiger partial charge in [-0.1, -0.05) is 22.0 Å². The molecule has 0 spiro atoms. The molecule has 0 unspecified atom stereocenters. The molecule has 0 atom stereocenters. The summed E-state index contributed by atoms with van der Waals surface area (Å²) in [7, 11) is 0. The Labute approximate surface area is 137 Å². The van der Waals surface area contributed by atoms with Gasteiger partial charge < -0.3 is 5.11 Å².